The standard InChI is InChI=1S/C21H24ClN3O5S2/c1-12(2)24-16-8-7-15(11-19(16)31-21(24)27)23-20(26)13(3)25(32(5,28)29)17-10-14(22)6-9-18(17)30-4/h6-13H,1-5H3,(H,23,26)/t13-/m1/s1. The second-order valence-electron chi connectivity index (χ2n) is 7.55. The Labute approximate surface area is 195 Å². The number of carbonyl (C=O) groups excluding carboxylic acids is 1. The summed E-state index contributed by atoms with van der Waals surface area (Å²) in [6.45, 7) is 5.33. The van der Waals surface area contributed by atoms with Crippen LogP contribution in [-0.2, 0) is 14.8 Å². The van der Waals surface area contributed by atoms with Gasteiger partial charge >= 0.3 is 4.87 Å². The SMILES string of the molecule is COc1ccc(Cl)cc1N([C@H](C)C(=O)Nc1ccc2c(c1)sc(=O)n2C(C)C)S(C)(=O)=O. The van der Waals surface area contributed by atoms with E-state index in [4.69, 9.17) is 16.3 Å². The topological polar surface area (TPSA) is 97.7 Å². The molecule has 0 aliphatic carbocycles. The fourth-order valence-corrected chi connectivity index (χ4v) is 5.86. The van der Waals surface area contributed by atoms with Gasteiger partial charge in [0.2, 0.25) is 15.9 Å². The molecule has 1 atom stereocenters. The summed E-state index contributed by atoms with van der Waals surface area (Å²) >= 11 is 7.16. The first-order valence-electron chi connectivity index (χ1n) is 9.73. The number of benzene rings is 2. The molecule has 32 heavy (non-hydrogen) atoms. The third-order valence-corrected chi connectivity index (χ3v) is 7.24. The zero-order valence-corrected chi connectivity index (χ0v) is 20.6. The first-order valence-corrected chi connectivity index (χ1v) is 12.8. The van der Waals surface area contributed by atoms with E-state index in [2.05, 4.69) is 5.32 Å². The van der Waals surface area contributed by atoms with Crippen LogP contribution in [0.5, 0.6) is 5.75 Å². The van der Waals surface area contributed by atoms with Gasteiger partial charge in [0.25, 0.3) is 0 Å². The first-order chi connectivity index (χ1) is 14.9. The Morgan fingerprint density at radius 2 is 1.88 bits per heavy atom. The maximum Gasteiger partial charge on any atom is 0.308 e. The van der Waals surface area contributed by atoms with Gasteiger partial charge in [-0.15, -0.1) is 0 Å². The molecule has 0 fully saturated rings. The summed E-state index contributed by atoms with van der Waals surface area (Å²) in [6.07, 6.45) is 1.01. The van der Waals surface area contributed by atoms with Crippen molar-refractivity contribution in [2.24, 2.45) is 0 Å². The molecule has 0 unspecified atom stereocenters. The molecule has 1 amide bonds. The molecule has 2 aromatic carbocycles. The molecule has 1 N–H and O–H groups in total. The van der Waals surface area contributed by atoms with Crippen LogP contribution in [0.15, 0.2) is 41.2 Å². The second-order valence-corrected chi connectivity index (χ2v) is 10.8. The van der Waals surface area contributed by atoms with E-state index in [9.17, 15) is 18.0 Å². The number of ether oxygens (including phenoxy) is 1. The largest absolute Gasteiger partial charge is 0.495 e. The monoisotopic (exact) mass is 497 g/mol. The van der Waals surface area contributed by atoms with Gasteiger partial charge in [-0.1, -0.05) is 22.9 Å². The van der Waals surface area contributed by atoms with E-state index in [0.29, 0.717) is 10.7 Å². The third kappa shape index (κ3) is 4.77. The lowest BCUT2D eigenvalue weighted by molar-refractivity contribution is -0.116. The number of hydrogen-bond donors (Lipinski definition) is 1. The molecule has 8 nitrogen and oxygen atoms in total. The van der Waals surface area contributed by atoms with Gasteiger partial charge in [0.1, 0.15) is 11.8 Å². The molecule has 0 saturated carbocycles. The summed E-state index contributed by atoms with van der Waals surface area (Å²) in [4.78, 5) is 25.2. The molecular weight excluding hydrogens is 474 g/mol. The normalized spacial score (nSPS) is 12.7. The highest BCUT2D eigenvalue weighted by molar-refractivity contribution is 7.92. The van der Waals surface area contributed by atoms with Gasteiger partial charge in [0, 0.05) is 16.8 Å². The van der Waals surface area contributed by atoms with Crippen molar-refractivity contribution >= 4 is 60.5 Å². The lowest BCUT2D eigenvalue weighted by Crippen LogP contribution is -2.45. The molecule has 0 aliphatic rings. The van der Waals surface area contributed by atoms with Crippen LogP contribution >= 0.6 is 22.9 Å². The molecular formula is C21H24ClN3O5S2. The predicted molar refractivity (Wildman–Crippen MR) is 130 cm³/mol. The summed E-state index contributed by atoms with van der Waals surface area (Å²) in [5.41, 5.74) is 1.40. The zero-order valence-electron chi connectivity index (χ0n) is 18.2. The molecule has 3 aromatic rings. The fourth-order valence-electron chi connectivity index (χ4n) is 3.47. The van der Waals surface area contributed by atoms with Crippen LogP contribution in [-0.4, -0.2) is 38.3 Å². The zero-order chi connectivity index (χ0) is 23.8. The Morgan fingerprint density at radius 1 is 1.19 bits per heavy atom. The molecule has 0 aliphatic heterocycles. The lowest BCUT2D eigenvalue weighted by atomic mass is 10.2. The number of carbonyl (C=O) groups is 1. The number of thiazole rings is 1. The second kappa shape index (κ2) is 9.13. The van der Waals surface area contributed by atoms with Crippen molar-refractivity contribution in [2.45, 2.75) is 32.9 Å². The number of halogens is 1. The number of methoxy groups -OCH3 is 1. The number of nitrogens with one attached hydrogen (secondary N) is 1. The highest BCUT2D eigenvalue weighted by Gasteiger charge is 2.31. The Hall–Kier alpha value is -2.56. The van der Waals surface area contributed by atoms with Crippen molar-refractivity contribution in [1.82, 2.24) is 4.57 Å². The maximum atomic E-state index is 13.0. The van der Waals surface area contributed by atoms with Crippen LogP contribution in [0.1, 0.15) is 26.8 Å². The predicted octanol–water partition coefficient (Wildman–Crippen LogP) is 4.10. The average molecular weight is 498 g/mol. The highest BCUT2D eigenvalue weighted by atomic mass is 35.5. The van der Waals surface area contributed by atoms with Crippen LogP contribution in [0.2, 0.25) is 5.02 Å². The van der Waals surface area contributed by atoms with E-state index in [1.54, 1.807) is 28.8 Å². The van der Waals surface area contributed by atoms with Crippen LogP contribution in [0.25, 0.3) is 10.2 Å². The smallest absolute Gasteiger partial charge is 0.308 e. The summed E-state index contributed by atoms with van der Waals surface area (Å²) < 4.78 is 33.9. The molecule has 1 heterocycles. The van der Waals surface area contributed by atoms with E-state index in [1.807, 2.05) is 13.8 Å². The minimum Gasteiger partial charge on any atom is -0.495 e. The minimum atomic E-state index is -3.86. The van der Waals surface area contributed by atoms with Crippen LogP contribution in [0, 0.1) is 0 Å². The van der Waals surface area contributed by atoms with Crippen molar-refractivity contribution in [2.75, 3.05) is 23.0 Å². The van der Waals surface area contributed by atoms with Crippen LogP contribution in [0.3, 0.4) is 0 Å². The maximum absolute atomic E-state index is 13.0. The van der Waals surface area contributed by atoms with Crippen molar-refractivity contribution in [3.05, 3.63) is 51.1 Å². The van der Waals surface area contributed by atoms with Crippen molar-refractivity contribution < 1.29 is 17.9 Å². The van der Waals surface area contributed by atoms with Crippen LogP contribution in [0.4, 0.5) is 11.4 Å². The fraction of sp³-hybridized carbons (Fsp3) is 0.333. The Morgan fingerprint density at radius 3 is 2.47 bits per heavy atom. The lowest BCUT2D eigenvalue weighted by Gasteiger charge is -2.29. The molecule has 1 aromatic heterocycles. The number of hydrogen-bond acceptors (Lipinski definition) is 6. The van der Waals surface area contributed by atoms with Crippen molar-refractivity contribution in [1.29, 1.82) is 0 Å². The summed E-state index contributed by atoms with van der Waals surface area (Å²) in [6, 6.07) is 8.60. The number of anilines is 2. The van der Waals surface area contributed by atoms with Gasteiger partial charge in [-0.2, -0.15) is 0 Å². The van der Waals surface area contributed by atoms with E-state index in [-0.39, 0.29) is 22.4 Å². The van der Waals surface area contributed by atoms with Gasteiger partial charge in [-0.3, -0.25) is 18.5 Å². The number of sulfonamides is 1. The highest BCUT2D eigenvalue weighted by Crippen LogP contribution is 2.34. The van der Waals surface area contributed by atoms with Gasteiger partial charge < -0.3 is 10.1 Å². The van der Waals surface area contributed by atoms with E-state index in [0.717, 1.165) is 32.1 Å². The molecule has 0 bridgehead atoms. The van der Waals surface area contributed by atoms with E-state index in [1.165, 1.54) is 26.2 Å². The van der Waals surface area contributed by atoms with Crippen molar-refractivity contribution in [3.8, 4) is 5.75 Å². The van der Waals surface area contributed by atoms with Gasteiger partial charge in [-0.25, -0.2) is 8.42 Å². The summed E-state index contributed by atoms with van der Waals surface area (Å²) in [5, 5.41) is 3.05. The molecule has 11 heteroatoms. The Kier molecular flexibility index (Phi) is 6.87. The van der Waals surface area contributed by atoms with Gasteiger partial charge in [0.15, 0.2) is 0 Å². The Balaban J connectivity index is 1.95. The van der Waals surface area contributed by atoms with E-state index < -0.39 is 22.0 Å². The molecule has 0 radical (unpaired) electrons. The quantitative estimate of drug-likeness (QED) is 0.530. The summed E-state index contributed by atoms with van der Waals surface area (Å²) in [5.74, 6) is -0.284. The van der Waals surface area contributed by atoms with Crippen molar-refractivity contribution in [3.63, 3.8) is 0 Å². The minimum absolute atomic E-state index is 0.00714. The third-order valence-electron chi connectivity index (χ3n) is 4.86. The molecule has 0 saturated heterocycles. The number of aromatic nitrogens is 1. The number of amides is 1. The summed E-state index contributed by atoms with van der Waals surface area (Å²) in [7, 11) is -2.45. The number of nitrogens with zero attached hydrogens (tertiary/aromatic N) is 2. The van der Waals surface area contributed by atoms with E-state index >= 15 is 0 Å². The Bertz CT molecular complexity index is 1330. The van der Waals surface area contributed by atoms with Gasteiger partial charge in [0.05, 0.1) is 29.3 Å². The molecule has 172 valence electrons. The average Bonchev–Trinajstić information content (AvgIpc) is 3.02. The molecule has 0 spiro atoms. The van der Waals surface area contributed by atoms with Gasteiger partial charge in [-0.05, 0) is 57.2 Å². The number of fused-ring (bicyclic) bond motifs is 1. The van der Waals surface area contributed by atoms with Crippen LogP contribution < -0.4 is 19.2 Å². The first kappa shape index (κ1) is 24.1. The molecule has 3 rings (SSSR count). The number of rotatable bonds is 7.